The fourth-order valence-corrected chi connectivity index (χ4v) is 5.79. The molecule has 38 heavy (non-hydrogen) atoms. The van der Waals surface area contributed by atoms with Crippen LogP contribution in [0.25, 0.3) is 11.1 Å². The van der Waals surface area contributed by atoms with E-state index in [2.05, 4.69) is 16.0 Å². The molecule has 1 atom stereocenters. The molecule has 0 bridgehead atoms. The van der Waals surface area contributed by atoms with E-state index in [9.17, 15) is 23.6 Å². The van der Waals surface area contributed by atoms with E-state index in [-0.39, 0.29) is 10.7 Å². The lowest BCUT2D eigenvalue weighted by atomic mass is 10.0. The number of unbranched alkanes of at least 4 members (excludes halogenated alkanes) is 1. The Morgan fingerprint density at radius 1 is 1.13 bits per heavy atom. The first-order chi connectivity index (χ1) is 18.2. The molecule has 4 aromatic rings. The molecule has 4 rings (SSSR count). The van der Waals surface area contributed by atoms with Crippen LogP contribution in [0.4, 0.5) is 0 Å². The van der Waals surface area contributed by atoms with Gasteiger partial charge in [-0.2, -0.15) is 10.2 Å². The molecule has 9 heteroatoms. The molecule has 1 N–H and O–H groups in total. The molecule has 0 unspecified atom stereocenters. The molecular formula is C29H28N4O4S. The highest BCUT2D eigenvalue weighted by molar-refractivity contribution is 7.91. The third-order valence-corrected chi connectivity index (χ3v) is 8.33. The number of aryl methyl sites for hydroxylation is 2. The van der Waals surface area contributed by atoms with Gasteiger partial charge in [-0.25, -0.2) is 8.42 Å². The first kappa shape index (κ1) is 26.8. The molecule has 0 aliphatic carbocycles. The molecule has 0 aliphatic heterocycles. The van der Waals surface area contributed by atoms with Crippen LogP contribution < -0.4 is 5.56 Å². The minimum absolute atomic E-state index is 0.130. The molecule has 2 heterocycles. The standard InChI is InChI=1S/C29H28N4O4S/c1-4-5-9-26-32-28(34)27(29(35)33(26)20(3)23-8-6-7-21(16-23)17-30)38(36,37)24-12-10-22(11-13-24)25-14-15-31-18-19(25)2/h6-8,10-16,18,20,35H,4-5,9H2,1-3H3/t20-/m1/s1. The Morgan fingerprint density at radius 3 is 2.53 bits per heavy atom. The van der Waals surface area contributed by atoms with Gasteiger partial charge in [-0.1, -0.05) is 37.6 Å². The second kappa shape index (κ2) is 11.0. The highest BCUT2D eigenvalue weighted by atomic mass is 32.2. The topological polar surface area (TPSA) is 126 Å². The Labute approximate surface area is 221 Å². The summed E-state index contributed by atoms with van der Waals surface area (Å²) in [5, 5.41) is 20.7. The molecule has 194 valence electrons. The van der Waals surface area contributed by atoms with Crippen molar-refractivity contribution in [2.45, 2.75) is 55.9 Å². The van der Waals surface area contributed by atoms with Crippen LogP contribution in [0.5, 0.6) is 5.88 Å². The molecule has 0 amide bonds. The van der Waals surface area contributed by atoms with Crippen LogP contribution in [0, 0.1) is 18.3 Å². The summed E-state index contributed by atoms with van der Waals surface area (Å²) in [5.41, 5.74) is 2.73. The zero-order chi connectivity index (χ0) is 27.4. The van der Waals surface area contributed by atoms with Crippen LogP contribution in [0.3, 0.4) is 0 Å². The zero-order valence-electron chi connectivity index (χ0n) is 21.4. The monoisotopic (exact) mass is 528 g/mol. The Bertz CT molecular complexity index is 1690. The lowest BCUT2D eigenvalue weighted by molar-refractivity contribution is 0.369. The Kier molecular flexibility index (Phi) is 7.74. The van der Waals surface area contributed by atoms with Gasteiger partial charge in [0.25, 0.3) is 5.56 Å². The molecule has 0 spiro atoms. The second-order valence-electron chi connectivity index (χ2n) is 9.09. The molecule has 8 nitrogen and oxygen atoms in total. The quantitative estimate of drug-likeness (QED) is 0.342. The smallest absolute Gasteiger partial charge is 0.296 e. The normalized spacial score (nSPS) is 12.2. The van der Waals surface area contributed by atoms with Gasteiger partial charge < -0.3 is 5.11 Å². The Balaban J connectivity index is 1.85. The molecular weight excluding hydrogens is 500 g/mol. The van der Waals surface area contributed by atoms with Gasteiger partial charge in [-0.05, 0) is 72.9 Å². The van der Waals surface area contributed by atoms with Crippen molar-refractivity contribution < 1.29 is 13.5 Å². The molecule has 0 saturated heterocycles. The predicted molar refractivity (Wildman–Crippen MR) is 144 cm³/mol. The zero-order valence-corrected chi connectivity index (χ0v) is 22.2. The van der Waals surface area contributed by atoms with Gasteiger partial charge in [0.2, 0.25) is 15.7 Å². The first-order valence-corrected chi connectivity index (χ1v) is 13.8. The highest BCUT2D eigenvalue weighted by Gasteiger charge is 2.31. The van der Waals surface area contributed by atoms with Crippen molar-refractivity contribution in [2.24, 2.45) is 0 Å². The third-order valence-electron chi connectivity index (χ3n) is 6.54. The average Bonchev–Trinajstić information content (AvgIpc) is 2.91. The van der Waals surface area contributed by atoms with Crippen LogP contribution in [-0.2, 0) is 16.3 Å². The van der Waals surface area contributed by atoms with Crippen LogP contribution in [-0.4, -0.2) is 28.1 Å². The lowest BCUT2D eigenvalue weighted by Gasteiger charge is -2.23. The van der Waals surface area contributed by atoms with E-state index in [0.717, 1.165) is 23.1 Å². The maximum atomic E-state index is 13.7. The molecule has 0 radical (unpaired) electrons. The van der Waals surface area contributed by atoms with Crippen molar-refractivity contribution >= 4 is 9.84 Å². The Morgan fingerprint density at radius 2 is 1.87 bits per heavy atom. The fraction of sp³-hybridized carbons (Fsp3) is 0.241. The lowest BCUT2D eigenvalue weighted by Crippen LogP contribution is -2.27. The van der Waals surface area contributed by atoms with E-state index in [1.54, 1.807) is 55.7 Å². The van der Waals surface area contributed by atoms with E-state index in [0.29, 0.717) is 24.0 Å². The molecule has 2 aromatic carbocycles. The first-order valence-electron chi connectivity index (χ1n) is 12.3. The molecule has 0 fully saturated rings. The number of aromatic hydroxyl groups is 1. The van der Waals surface area contributed by atoms with Gasteiger partial charge in [0, 0.05) is 18.8 Å². The average molecular weight is 529 g/mol. The van der Waals surface area contributed by atoms with Crippen molar-refractivity contribution in [3.8, 4) is 23.1 Å². The van der Waals surface area contributed by atoms with Gasteiger partial charge in [-0.15, -0.1) is 0 Å². The van der Waals surface area contributed by atoms with E-state index in [1.165, 1.54) is 16.7 Å². The van der Waals surface area contributed by atoms with Crippen LogP contribution in [0.1, 0.15) is 55.2 Å². The predicted octanol–water partition coefficient (Wildman–Crippen LogP) is 4.98. The maximum Gasteiger partial charge on any atom is 0.296 e. The number of pyridine rings is 1. The largest absolute Gasteiger partial charge is 0.493 e. The van der Waals surface area contributed by atoms with Gasteiger partial charge in [-0.3, -0.25) is 14.3 Å². The number of rotatable bonds is 8. The van der Waals surface area contributed by atoms with Crippen molar-refractivity contribution in [3.63, 3.8) is 0 Å². The number of nitrogens with zero attached hydrogens (tertiary/aromatic N) is 4. The molecule has 2 aromatic heterocycles. The number of nitriles is 1. The van der Waals surface area contributed by atoms with Crippen molar-refractivity contribution in [1.82, 2.24) is 14.5 Å². The van der Waals surface area contributed by atoms with E-state index in [4.69, 9.17) is 0 Å². The van der Waals surface area contributed by atoms with Gasteiger partial charge >= 0.3 is 0 Å². The van der Waals surface area contributed by atoms with Gasteiger partial charge in [0.05, 0.1) is 22.6 Å². The number of aromatic nitrogens is 3. The van der Waals surface area contributed by atoms with Gasteiger partial charge in [0.1, 0.15) is 5.82 Å². The molecule has 0 aliphatic rings. The van der Waals surface area contributed by atoms with E-state index < -0.39 is 32.2 Å². The summed E-state index contributed by atoms with van der Waals surface area (Å²) in [7, 11) is -4.41. The van der Waals surface area contributed by atoms with Crippen molar-refractivity contribution in [1.29, 1.82) is 5.26 Å². The minimum Gasteiger partial charge on any atom is -0.493 e. The summed E-state index contributed by atoms with van der Waals surface area (Å²) in [4.78, 5) is 20.4. The van der Waals surface area contributed by atoms with E-state index >= 15 is 0 Å². The van der Waals surface area contributed by atoms with Crippen molar-refractivity contribution in [3.05, 3.63) is 99.9 Å². The molecule has 0 saturated carbocycles. The second-order valence-corrected chi connectivity index (χ2v) is 11.0. The van der Waals surface area contributed by atoms with E-state index in [1.807, 2.05) is 19.9 Å². The summed E-state index contributed by atoms with van der Waals surface area (Å²) in [6, 6.07) is 16.3. The number of hydrogen-bond donors (Lipinski definition) is 1. The highest BCUT2D eigenvalue weighted by Crippen LogP contribution is 2.33. The maximum absolute atomic E-state index is 13.7. The summed E-state index contributed by atoms with van der Waals surface area (Å²) in [6.45, 7) is 5.66. The fourth-order valence-electron chi connectivity index (χ4n) is 4.45. The summed E-state index contributed by atoms with van der Waals surface area (Å²) < 4.78 is 28.7. The Hall–Kier alpha value is -4.29. The SMILES string of the molecule is CCCCc1nc(=O)c(S(=O)(=O)c2ccc(-c3ccncc3C)cc2)c(O)n1[C@H](C)c1cccc(C#N)c1. The minimum atomic E-state index is -4.41. The van der Waals surface area contributed by atoms with Gasteiger partial charge in [0.15, 0.2) is 4.90 Å². The van der Waals surface area contributed by atoms with Crippen LogP contribution >= 0.6 is 0 Å². The van der Waals surface area contributed by atoms with Crippen LogP contribution in [0.15, 0.2) is 81.6 Å². The summed E-state index contributed by atoms with van der Waals surface area (Å²) >= 11 is 0. The number of hydrogen-bond acceptors (Lipinski definition) is 7. The number of sulfone groups is 1. The third kappa shape index (κ3) is 5.08. The number of benzene rings is 2. The summed E-state index contributed by atoms with van der Waals surface area (Å²) in [6.07, 6.45) is 5.27. The van der Waals surface area contributed by atoms with Crippen LogP contribution in [0.2, 0.25) is 0 Å². The summed E-state index contributed by atoms with van der Waals surface area (Å²) in [5.74, 6) is -0.383. The van der Waals surface area contributed by atoms with Crippen molar-refractivity contribution in [2.75, 3.05) is 0 Å².